The summed E-state index contributed by atoms with van der Waals surface area (Å²) < 4.78 is 1.53. The van der Waals surface area contributed by atoms with Crippen LogP contribution in [0.4, 0.5) is 10.6 Å². The first-order chi connectivity index (χ1) is 15.0. The van der Waals surface area contributed by atoms with E-state index >= 15 is 0 Å². The Balaban J connectivity index is 1.65. The molecule has 0 spiro atoms. The second-order valence-electron chi connectivity index (χ2n) is 7.67. The van der Waals surface area contributed by atoms with Gasteiger partial charge in [0.25, 0.3) is 5.95 Å². The number of carbonyl (C=O) groups excluding carboxylic acids is 2. The predicted molar refractivity (Wildman–Crippen MR) is 116 cm³/mol. The Hall–Kier alpha value is -3.75. The highest BCUT2D eigenvalue weighted by Gasteiger charge is 2.30. The zero-order valence-electron chi connectivity index (χ0n) is 17.5. The third kappa shape index (κ3) is 4.55. The summed E-state index contributed by atoms with van der Waals surface area (Å²) in [6.07, 6.45) is 3.46. The van der Waals surface area contributed by atoms with E-state index in [-0.39, 0.29) is 30.3 Å². The van der Waals surface area contributed by atoms with E-state index in [0.717, 1.165) is 11.3 Å². The van der Waals surface area contributed by atoms with Gasteiger partial charge in [0.15, 0.2) is 0 Å². The average Bonchev–Trinajstić information content (AvgIpc) is 3.10. The second-order valence-corrected chi connectivity index (χ2v) is 7.67. The van der Waals surface area contributed by atoms with Gasteiger partial charge in [0.2, 0.25) is 5.91 Å². The number of rotatable bonds is 4. The molecule has 1 unspecified atom stereocenters. The highest BCUT2D eigenvalue weighted by Crippen LogP contribution is 2.27. The van der Waals surface area contributed by atoms with Crippen molar-refractivity contribution < 1.29 is 9.59 Å². The smallest absolute Gasteiger partial charge is 0.323 e. The van der Waals surface area contributed by atoms with Gasteiger partial charge in [0.05, 0.1) is 18.2 Å². The molecule has 2 aromatic heterocycles. The number of nitrogens with one attached hydrogen (secondary N) is 2. The van der Waals surface area contributed by atoms with E-state index in [1.165, 1.54) is 4.68 Å². The van der Waals surface area contributed by atoms with Gasteiger partial charge < -0.3 is 10.2 Å². The van der Waals surface area contributed by atoms with Crippen molar-refractivity contribution in [2.45, 2.75) is 32.2 Å². The summed E-state index contributed by atoms with van der Waals surface area (Å²) >= 11 is 0. The van der Waals surface area contributed by atoms with E-state index < -0.39 is 0 Å². The van der Waals surface area contributed by atoms with Crippen LogP contribution in [0.15, 0.2) is 54.9 Å². The topological polar surface area (TPSA) is 105 Å². The maximum atomic E-state index is 13.4. The van der Waals surface area contributed by atoms with E-state index in [9.17, 15) is 9.59 Å². The molecule has 1 saturated heterocycles. The van der Waals surface area contributed by atoms with Crippen molar-refractivity contribution >= 4 is 17.8 Å². The highest BCUT2D eigenvalue weighted by atomic mass is 16.2. The predicted octanol–water partition coefficient (Wildman–Crippen LogP) is 2.88. The Labute approximate surface area is 180 Å². The highest BCUT2D eigenvalue weighted by molar-refractivity contribution is 5.90. The van der Waals surface area contributed by atoms with Gasteiger partial charge in [0, 0.05) is 31.5 Å². The molecular formula is C22H25N7O2. The molecule has 1 aliphatic heterocycles. The Bertz CT molecular complexity index is 1050. The minimum absolute atomic E-state index is 0.0750. The van der Waals surface area contributed by atoms with Gasteiger partial charge in [-0.2, -0.15) is 9.78 Å². The van der Waals surface area contributed by atoms with Gasteiger partial charge in [0.1, 0.15) is 5.82 Å². The van der Waals surface area contributed by atoms with Crippen LogP contribution < -0.4 is 10.6 Å². The monoisotopic (exact) mass is 419 g/mol. The van der Waals surface area contributed by atoms with Gasteiger partial charge in [-0.25, -0.2) is 14.8 Å². The number of hydrogen-bond acceptors (Lipinski definition) is 5. The lowest BCUT2D eigenvalue weighted by Crippen LogP contribution is -2.40. The number of anilines is 1. The Morgan fingerprint density at radius 3 is 2.61 bits per heavy atom. The fourth-order valence-electron chi connectivity index (χ4n) is 3.55. The van der Waals surface area contributed by atoms with Gasteiger partial charge in [-0.1, -0.05) is 44.2 Å². The fourth-order valence-corrected chi connectivity index (χ4v) is 3.55. The van der Waals surface area contributed by atoms with Crippen LogP contribution in [0.25, 0.3) is 5.95 Å². The van der Waals surface area contributed by atoms with E-state index in [2.05, 4.69) is 25.7 Å². The first-order valence-electron chi connectivity index (χ1n) is 10.3. The second kappa shape index (κ2) is 8.95. The minimum Gasteiger partial charge on any atom is -0.354 e. The molecule has 3 heterocycles. The van der Waals surface area contributed by atoms with Crippen molar-refractivity contribution in [2.75, 3.05) is 18.4 Å². The number of hydrogen-bond donors (Lipinski definition) is 2. The quantitative estimate of drug-likeness (QED) is 0.677. The first-order valence-corrected chi connectivity index (χ1v) is 10.3. The van der Waals surface area contributed by atoms with Crippen LogP contribution in [0.5, 0.6) is 0 Å². The summed E-state index contributed by atoms with van der Waals surface area (Å²) in [5.74, 6) is 0.943. The number of urea groups is 1. The average molecular weight is 419 g/mol. The molecule has 9 nitrogen and oxygen atoms in total. The van der Waals surface area contributed by atoms with Crippen LogP contribution in [-0.2, 0) is 4.79 Å². The molecule has 0 bridgehead atoms. The van der Waals surface area contributed by atoms with Crippen molar-refractivity contribution in [1.82, 2.24) is 30.0 Å². The van der Waals surface area contributed by atoms with Crippen molar-refractivity contribution in [3.8, 4) is 5.95 Å². The zero-order chi connectivity index (χ0) is 21.8. The number of carbonyl (C=O) groups is 2. The summed E-state index contributed by atoms with van der Waals surface area (Å²) in [5, 5.41) is 10.4. The van der Waals surface area contributed by atoms with Crippen molar-refractivity contribution in [3.05, 3.63) is 66.1 Å². The lowest BCUT2D eigenvalue weighted by molar-refractivity contribution is -0.121. The van der Waals surface area contributed by atoms with E-state index in [4.69, 9.17) is 0 Å². The van der Waals surface area contributed by atoms with E-state index in [1.54, 1.807) is 23.4 Å². The molecule has 9 heteroatoms. The Morgan fingerprint density at radius 1 is 1.16 bits per heavy atom. The molecule has 3 aromatic rings. The van der Waals surface area contributed by atoms with Crippen molar-refractivity contribution in [1.29, 1.82) is 0 Å². The number of nitrogens with zero attached hydrogens (tertiary/aromatic N) is 5. The van der Waals surface area contributed by atoms with Crippen LogP contribution >= 0.6 is 0 Å². The Kier molecular flexibility index (Phi) is 5.92. The number of benzene rings is 1. The normalized spacial score (nSPS) is 16.7. The standard InChI is InChI=1S/C22H25N7O2/c1-15(2)17-13-19(29(27-17)21-24-9-6-10-25-21)26-22(31)28-12-11-23-20(30)14-18(28)16-7-4-3-5-8-16/h3-10,13,15,18H,11-12,14H2,1-2H3,(H,23,30)(H,26,31). The minimum atomic E-state index is -0.363. The first kappa shape index (κ1) is 20.5. The number of aromatic nitrogens is 4. The summed E-state index contributed by atoms with van der Waals surface area (Å²) in [7, 11) is 0. The SMILES string of the molecule is CC(C)c1cc(NC(=O)N2CCNC(=O)CC2c2ccccc2)n(-c2ncccn2)n1. The Morgan fingerprint density at radius 2 is 1.90 bits per heavy atom. The summed E-state index contributed by atoms with van der Waals surface area (Å²) in [4.78, 5) is 35.8. The molecule has 1 atom stereocenters. The van der Waals surface area contributed by atoms with E-state index in [1.807, 2.05) is 50.2 Å². The molecule has 1 aromatic carbocycles. The van der Waals surface area contributed by atoms with Crippen molar-refractivity contribution in [2.24, 2.45) is 0 Å². The van der Waals surface area contributed by atoms with Crippen LogP contribution in [-0.4, -0.2) is 49.7 Å². The van der Waals surface area contributed by atoms with Crippen molar-refractivity contribution in [3.63, 3.8) is 0 Å². The van der Waals surface area contributed by atoms with Gasteiger partial charge in [-0.15, -0.1) is 0 Å². The van der Waals surface area contributed by atoms with Crippen LogP contribution in [0.3, 0.4) is 0 Å². The molecule has 1 aliphatic rings. The zero-order valence-corrected chi connectivity index (χ0v) is 17.5. The third-order valence-electron chi connectivity index (χ3n) is 5.17. The molecule has 0 saturated carbocycles. The third-order valence-corrected chi connectivity index (χ3v) is 5.17. The largest absolute Gasteiger partial charge is 0.354 e. The van der Waals surface area contributed by atoms with Gasteiger partial charge >= 0.3 is 6.03 Å². The lowest BCUT2D eigenvalue weighted by atomic mass is 10.0. The summed E-state index contributed by atoms with van der Waals surface area (Å²) in [6, 6.07) is 12.5. The molecule has 3 amide bonds. The molecule has 4 rings (SSSR count). The number of amides is 3. The van der Waals surface area contributed by atoms with Crippen LogP contribution in [0, 0.1) is 0 Å². The molecule has 2 N–H and O–H groups in total. The van der Waals surface area contributed by atoms with Gasteiger partial charge in [-0.3, -0.25) is 10.1 Å². The molecule has 160 valence electrons. The lowest BCUT2D eigenvalue weighted by Gasteiger charge is -2.29. The molecule has 1 fully saturated rings. The molecular weight excluding hydrogens is 394 g/mol. The summed E-state index contributed by atoms with van der Waals surface area (Å²) in [6.45, 7) is 4.85. The maximum Gasteiger partial charge on any atom is 0.323 e. The molecule has 0 aliphatic carbocycles. The molecule has 0 radical (unpaired) electrons. The summed E-state index contributed by atoms with van der Waals surface area (Å²) in [5.41, 5.74) is 1.73. The van der Waals surface area contributed by atoms with Gasteiger partial charge in [-0.05, 0) is 17.5 Å². The maximum absolute atomic E-state index is 13.4. The van der Waals surface area contributed by atoms with Crippen LogP contribution in [0.2, 0.25) is 0 Å². The van der Waals surface area contributed by atoms with E-state index in [0.29, 0.717) is 24.9 Å². The van der Waals surface area contributed by atoms with Crippen LogP contribution in [0.1, 0.15) is 43.5 Å². The fraction of sp³-hybridized carbons (Fsp3) is 0.318. The molecule has 31 heavy (non-hydrogen) atoms.